The molecule has 3 amide bonds. The van der Waals surface area contributed by atoms with Crippen LogP contribution in [0.3, 0.4) is 0 Å². The van der Waals surface area contributed by atoms with E-state index in [4.69, 9.17) is 0 Å². The van der Waals surface area contributed by atoms with Crippen molar-refractivity contribution in [2.24, 2.45) is 0 Å². The molecule has 0 saturated carbocycles. The predicted octanol–water partition coefficient (Wildman–Crippen LogP) is 2.68. The number of hydrogen-bond donors (Lipinski definition) is 2. The van der Waals surface area contributed by atoms with Crippen molar-refractivity contribution in [1.29, 1.82) is 0 Å². The maximum Gasteiger partial charge on any atom is 0.315 e. The van der Waals surface area contributed by atoms with E-state index in [0.29, 0.717) is 13.0 Å². The van der Waals surface area contributed by atoms with Gasteiger partial charge in [-0.15, -0.1) is 0 Å². The van der Waals surface area contributed by atoms with Crippen molar-refractivity contribution in [2.45, 2.75) is 46.1 Å². The van der Waals surface area contributed by atoms with Gasteiger partial charge in [0, 0.05) is 26.1 Å². The number of urea groups is 1. The van der Waals surface area contributed by atoms with Crippen LogP contribution in [0.15, 0.2) is 18.2 Å². The van der Waals surface area contributed by atoms with Crippen LogP contribution in [0.5, 0.6) is 0 Å². The minimum absolute atomic E-state index is 0.0668. The minimum atomic E-state index is -0.231. The Labute approximate surface area is 138 Å². The fourth-order valence-corrected chi connectivity index (χ4v) is 3.00. The molecule has 2 N–H and O–H groups in total. The highest BCUT2D eigenvalue weighted by Crippen LogP contribution is 2.16. The van der Waals surface area contributed by atoms with Crippen LogP contribution in [0, 0.1) is 13.8 Å². The van der Waals surface area contributed by atoms with Crippen molar-refractivity contribution in [3.8, 4) is 0 Å². The largest absolute Gasteiger partial charge is 0.343 e. The third-order valence-electron chi connectivity index (χ3n) is 4.17. The van der Waals surface area contributed by atoms with E-state index >= 15 is 0 Å². The highest BCUT2D eigenvalue weighted by Gasteiger charge is 2.17. The highest BCUT2D eigenvalue weighted by atomic mass is 16.2. The Bertz CT molecular complexity index is 545. The number of rotatable bonds is 5. The lowest BCUT2D eigenvalue weighted by molar-refractivity contribution is -0.129. The average Bonchev–Trinajstić information content (AvgIpc) is 3.00. The topological polar surface area (TPSA) is 61.4 Å². The molecule has 0 radical (unpaired) electrons. The zero-order chi connectivity index (χ0) is 16.8. The second kappa shape index (κ2) is 7.99. The number of amides is 3. The molecule has 1 heterocycles. The van der Waals surface area contributed by atoms with Gasteiger partial charge in [0.25, 0.3) is 0 Å². The maximum absolute atomic E-state index is 12.0. The third-order valence-corrected chi connectivity index (χ3v) is 4.17. The van der Waals surface area contributed by atoms with E-state index in [1.807, 2.05) is 25.7 Å². The number of hydrogen-bond acceptors (Lipinski definition) is 2. The van der Waals surface area contributed by atoms with Crippen LogP contribution in [0.25, 0.3) is 0 Å². The Hall–Kier alpha value is -2.04. The standard InChI is InChI=1S/C18H27N3O2/c1-13-10-14(2)12-16(11-13)15(3)20-18(23)19-7-6-17(22)21-8-4-5-9-21/h10-12,15H,4-9H2,1-3H3,(H2,19,20,23). The minimum Gasteiger partial charge on any atom is -0.343 e. The van der Waals surface area contributed by atoms with Crippen LogP contribution < -0.4 is 10.6 Å². The summed E-state index contributed by atoms with van der Waals surface area (Å²) >= 11 is 0. The summed E-state index contributed by atoms with van der Waals surface area (Å²) in [6.45, 7) is 8.15. The van der Waals surface area contributed by atoms with Gasteiger partial charge in [-0.25, -0.2) is 4.79 Å². The normalized spacial score (nSPS) is 15.3. The van der Waals surface area contributed by atoms with Gasteiger partial charge in [-0.3, -0.25) is 4.79 Å². The molecule has 126 valence electrons. The first-order valence-electron chi connectivity index (χ1n) is 8.36. The summed E-state index contributed by atoms with van der Waals surface area (Å²) in [6.07, 6.45) is 2.55. The molecular weight excluding hydrogens is 290 g/mol. The second-order valence-corrected chi connectivity index (χ2v) is 6.38. The number of nitrogens with zero attached hydrogens (tertiary/aromatic N) is 1. The van der Waals surface area contributed by atoms with Gasteiger partial charge >= 0.3 is 6.03 Å². The van der Waals surface area contributed by atoms with Gasteiger partial charge in [0.05, 0.1) is 6.04 Å². The summed E-state index contributed by atoms with van der Waals surface area (Å²) in [7, 11) is 0. The molecule has 1 atom stereocenters. The molecule has 1 aromatic rings. The molecule has 1 aromatic carbocycles. The van der Waals surface area contributed by atoms with Crippen molar-refractivity contribution >= 4 is 11.9 Å². The van der Waals surface area contributed by atoms with Crippen LogP contribution in [0.2, 0.25) is 0 Å². The van der Waals surface area contributed by atoms with Crippen molar-refractivity contribution in [3.63, 3.8) is 0 Å². The Balaban J connectivity index is 1.74. The van der Waals surface area contributed by atoms with Crippen molar-refractivity contribution < 1.29 is 9.59 Å². The van der Waals surface area contributed by atoms with Gasteiger partial charge in [0.1, 0.15) is 0 Å². The molecule has 1 unspecified atom stereocenters. The summed E-state index contributed by atoms with van der Waals surface area (Å²) in [6, 6.07) is 5.97. The van der Waals surface area contributed by atoms with Crippen LogP contribution >= 0.6 is 0 Å². The number of carbonyl (C=O) groups excluding carboxylic acids is 2. The summed E-state index contributed by atoms with van der Waals surface area (Å²) < 4.78 is 0. The fraction of sp³-hybridized carbons (Fsp3) is 0.556. The first-order chi connectivity index (χ1) is 11.0. The van der Waals surface area contributed by atoms with Gasteiger partial charge in [-0.2, -0.15) is 0 Å². The van der Waals surface area contributed by atoms with Crippen molar-refractivity contribution in [1.82, 2.24) is 15.5 Å². The van der Waals surface area contributed by atoms with E-state index < -0.39 is 0 Å². The van der Waals surface area contributed by atoms with Crippen molar-refractivity contribution in [2.75, 3.05) is 19.6 Å². The molecule has 5 heteroatoms. The molecule has 1 aliphatic heterocycles. The van der Waals surface area contributed by atoms with E-state index in [0.717, 1.165) is 31.5 Å². The van der Waals surface area contributed by atoms with Gasteiger partial charge in [0.2, 0.25) is 5.91 Å². The lowest BCUT2D eigenvalue weighted by Gasteiger charge is -2.17. The first kappa shape index (κ1) is 17.3. The monoisotopic (exact) mass is 317 g/mol. The SMILES string of the molecule is Cc1cc(C)cc(C(C)NC(=O)NCCC(=O)N2CCCC2)c1. The number of carbonyl (C=O) groups is 2. The lowest BCUT2D eigenvalue weighted by atomic mass is 10.0. The van der Waals surface area contributed by atoms with Gasteiger partial charge < -0.3 is 15.5 Å². The molecule has 5 nitrogen and oxygen atoms in total. The molecular formula is C18H27N3O2. The van der Waals surface area contributed by atoms with Crippen LogP contribution in [0.4, 0.5) is 4.79 Å². The second-order valence-electron chi connectivity index (χ2n) is 6.38. The molecule has 0 aliphatic carbocycles. The molecule has 23 heavy (non-hydrogen) atoms. The summed E-state index contributed by atoms with van der Waals surface area (Å²) in [5, 5.41) is 5.69. The first-order valence-corrected chi connectivity index (χ1v) is 8.36. The van der Waals surface area contributed by atoms with Crippen LogP contribution in [-0.4, -0.2) is 36.5 Å². The Kier molecular flexibility index (Phi) is 6.02. The summed E-state index contributed by atoms with van der Waals surface area (Å²) in [5.74, 6) is 0.130. The maximum atomic E-state index is 12.0. The van der Waals surface area contributed by atoms with Gasteiger partial charge in [-0.05, 0) is 39.2 Å². The van der Waals surface area contributed by atoms with E-state index in [2.05, 4.69) is 28.8 Å². The molecule has 2 rings (SSSR count). The van der Waals surface area contributed by atoms with Crippen LogP contribution in [0.1, 0.15) is 48.9 Å². The summed E-state index contributed by atoms with van der Waals surface area (Å²) in [5.41, 5.74) is 3.46. The fourth-order valence-electron chi connectivity index (χ4n) is 3.00. The van der Waals surface area contributed by atoms with Gasteiger partial charge in [0.15, 0.2) is 0 Å². The number of nitrogens with one attached hydrogen (secondary N) is 2. The molecule has 1 aliphatic rings. The predicted molar refractivity (Wildman–Crippen MR) is 91.3 cm³/mol. The zero-order valence-electron chi connectivity index (χ0n) is 14.3. The lowest BCUT2D eigenvalue weighted by Crippen LogP contribution is -2.39. The number of aryl methyl sites for hydroxylation is 2. The Morgan fingerprint density at radius 1 is 1.13 bits per heavy atom. The molecule has 1 fully saturated rings. The average molecular weight is 317 g/mol. The van der Waals surface area contributed by atoms with Crippen molar-refractivity contribution in [3.05, 3.63) is 34.9 Å². The zero-order valence-corrected chi connectivity index (χ0v) is 14.3. The van der Waals surface area contributed by atoms with Crippen LogP contribution in [-0.2, 0) is 4.79 Å². The quantitative estimate of drug-likeness (QED) is 0.877. The molecule has 0 spiro atoms. The molecule has 1 saturated heterocycles. The third kappa shape index (κ3) is 5.27. The van der Waals surface area contributed by atoms with E-state index in [1.165, 1.54) is 11.1 Å². The number of benzene rings is 1. The smallest absolute Gasteiger partial charge is 0.315 e. The molecule has 0 bridgehead atoms. The van der Waals surface area contributed by atoms with Gasteiger partial charge in [-0.1, -0.05) is 29.3 Å². The summed E-state index contributed by atoms with van der Waals surface area (Å²) in [4.78, 5) is 25.7. The Morgan fingerprint density at radius 3 is 2.35 bits per heavy atom. The Morgan fingerprint density at radius 2 is 1.74 bits per heavy atom. The highest BCUT2D eigenvalue weighted by molar-refractivity contribution is 5.78. The van der Waals surface area contributed by atoms with E-state index in [9.17, 15) is 9.59 Å². The van der Waals surface area contributed by atoms with E-state index in [1.54, 1.807) is 0 Å². The molecule has 0 aromatic heterocycles. The number of likely N-dealkylation sites (tertiary alicyclic amines) is 1. The van der Waals surface area contributed by atoms with E-state index in [-0.39, 0.29) is 18.0 Å².